The Labute approximate surface area is 168 Å². The SMILES string of the molecule is Cn1c(CN2CCOCC2)cc(=O)c(O)c1CN1C[C@@]2(C)C[C@H]1CC(C)(C)C2. The molecule has 156 valence electrons. The van der Waals surface area contributed by atoms with Crippen LogP contribution in [0.4, 0.5) is 0 Å². The quantitative estimate of drug-likeness (QED) is 0.857. The average molecular weight is 390 g/mol. The zero-order chi connectivity index (χ0) is 20.1. The van der Waals surface area contributed by atoms with Crippen molar-refractivity contribution in [1.82, 2.24) is 14.4 Å². The molecule has 4 rings (SSSR count). The maximum Gasteiger partial charge on any atom is 0.223 e. The minimum Gasteiger partial charge on any atom is -0.503 e. The second-order valence-corrected chi connectivity index (χ2v) is 10.4. The van der Waals surface area contributed by atoms with Crippen LogP contribution in [-0.4, -0.2) is 58.4 Å². The zero-order valence-electron chi connectivity index (χ0n) is 17.8. The Morgan fingerprint density at radius 1 is 1.18 bits per heavy atom. The monoisotopic (exact) mass is 389 g/mol. The lowest BCUT2D eigenvalue weighted by Crippen LogP contribution is -2.37. The first-order valence-electron chi connectivity index (χ1n) is 10.6. The number of morpholine rings is 1. The molecule has 1 aromatic rings. The van der Waals surface area contributed by atoms with Crippen LogP contribution in [-0.2, 0) is 24.9 Å². The Hall–Kier alpha value is -1.37. The topological polar surface area (TPSA) is 57.9 Å². The number of rotatable bonds is 4. The molecule has 3 fully saturated rings. The molecule has 6 nitrogen and oxygen atoms in total. The third-order valence-corrected chi connectivity index (χ3v) is 7.01. The van der Waals surface area contributed by atoms with Crippen LogP contribution in [0.2, 0.25) is 0 Å². The smallest absolute Gasteiger partial charge is 0.223 e. The average Bonchev–Trinajstić information content (AvgIpc) is 2.85. The number of fused-ring (bicyclic) bond motifs is 2. The lowest BCUT2D eigenvalue weighted by molar-refractivity contribution is 0.0331. The standard InChI is InChI=1S/C22H35N3O3/c1-21(2)10-17-11-22(3,14-21)15-25(17)13-18-20(27)19(26)9-16(23(18)4)12-24-5-7-28-8-6-24/h9,17,27H,5-8,10-15H2,1-4H3/t17-,22+/m1/s1. The van der Waals surface area contributed by atoms with Gasteiger partial charge in [-0.1, -0.05) is 20.8 Å². The Kier molecular flexibility index (Phi) is 5.09. The number of aromatic hydroxyl groups is 1. The molecular formula is C22H35N3O3. The molecule has 0 spiro atoms. The van der Waals surface area contributed by atoms with Crippen molar-refractivity contribution in [2.24, 2.45) is 17.9 Å². The van der Waals surface area contributed by atoms with Crippen molar-refractivity contribution in [2.45, 2.75) is 59.2 Å². The minimum atomic E-state index is -0.259. The predicted molar refractivity (Wildman–Crippen MR) is 109 cm³/mol. The lowest BCUT2D eigenvalue weighted by Gasteiger charge is -2.40. The summed E-state index contributed by atoms with van der Waals surface area (Å²) in [7, 11) is 1.98. The second-order valence-electron chi connectivity index (χ2n) is 10.4. The van der Waals surface area contributed by atoms with Crippen LogP contribution >= 0.6 is 0 Å². The van der Waals surface area contributed by atoms with Crippen molar-refractivity contribution >= 4 is 0 Å². The van der Waals surface area contributed by atoms with Gasteiger partial charge in [0.05, 0.1) is 18.9 Å². The molecule has 1 saturated carbocycles. The molecule has 28 heavy (non-hydrogen) atoms. The van der Waals surface area contributed by atoms with Crippen LogP contribution in [0.25, 0.3) is 0 Å². The van der Waals surface area contributed by atoms with Gasteiger partial charge in [-0.2, -0.15) is 0 Å². The first-order valence-corrected chi connectivity index (χ1v) is 10.6. The van der Waals surface area contributed by atoms with E-state index in [1.807, 2.05) is 11.6 Å². The Bertz CT molecular complexity index is 797. The van der Waals surface area contributed by atoms with E-state index >= 15 is 0 Å². The van der Waals surface area contributed by atoms with Crippen LogP contribution in [0.1, 0.15) is 51.4 Å². The Balaban J connectivity index is 1.58. The zero-order valence-corrected chi connectivity index (χ0v) is 17.8. The van der Waals surface area contributed by atoms with Crippen LogP contribution in [0, 0.1) is 10.8 Å². The molecule has 0 unspecified atom stereocenters. The fourth-order valence-electron chi connectivity index (χ4n) is 6.07. The number of hydrogen-bond acceptors (Lipinski definition) is 5. The summed E-state index contributed by atoms with van der Waals surface area (Å²) in [5, 5.41) is 10.6. The summed E-state index contributed by atoms with van der Waals surface area (Å²) in [6.07, 6.45) is 3.65. The lowest BCUT2D eigenvalue weighted by atomic mass is 9.65. The highest BCUT2D eigenvalue weighted by atomic mass is 16.5. The first-order chi connectivity index (χ1) is 13.2. The third kappa shape index (κ3) is 3.87. The van der Waals surface area contributed by atoms with Gasteiger partial charge in [0, 0.05) is 57.6 Å². The molecule has 1 aromatic heterocycles. The highest BCUT2D eigenvalue weighted by Gasteiger charge is 2.49. The molecule has 3 aliphatic rings. The summed E-state index contributed by atoms with van der Waals surface area (Å²) in [6.45, 7) is 12.8. The Morgan fingerprint density at radius 3 is 2.61 bits per heavy atom. The summed E-state index contributed by atoms with van der Waals surface area (Å²) in [5.74, 6) is -0.0842. The van der Waals surface area contributed by atoms with Crippen LogP contribution in [0.3, 0.4) is 0 Å². The number of nitrogens with zero attached hydrogens (tertiary/aromatic N) is 3. The highest BCUT2D eigenvalue weighted by molar-refractivity contribution is 5.30. The van der Waals surface area contributed by atoms with E-state index in [-0.39, 0.29) is 11.2 Å². The molecule has 0 aromatic carbocycles. The van der Waals surface area contributed by atoms with E-state index in [4.69, 9.17) is 4.74 Å². The van der Waals surface area contributed by atoms with Gasteiger partial charge < -0.3 is 14.4 Å². The van der Waals surface area contributed by atoms with Crippen LogP contribution in [0.15, 0.2) is 10.9 Å². The van der Waals surface area contributed by atoms with Gasteiger partial charge in [-0.25, -0.2) is 0 Å². The van der Waals surface area contributed by atoms with E-state index in [0.717, 1.165) is 50.8 Å². The molecule has 2 atom stereocenters. The van der Waals surface area contributed by atoms with Gasteiger partial charge in [-0.15, -0.1) is 0 Å². The highest BCUT2D eigenvalue weighted by Crippen LogP contribution is 2.52. The number of ether oxygens (including phenoxy) is 1. The van der Waals surface area contributed by atoms with Crippen molar-refractivity contribution in [1.29, 1.82) is 0 Å². The van der Waals surface area contributed by atoms with Gasteiger partial charge in [-0.05, 0) is 30.1 Å². The minimum absolute atomic E-state index is 0.0842. The molecule has 1 aliphatic carbocycles. The molecule has 2 saturated heterocycles. The fourth-order valence-corrected chi connectivity index (χ4v) is 6.07. The summed E-state index contributed by atoms with van der Waals surface area (Å²) >= 11 is 0. The van der Waals surface area contributed by atoms with Crippen molar-refractivity contribution < 1.29 is 9.84 Å². The second kappa shape index (κ2) is 7.15. The fraction of sp³-hybridized carbons (Fsp3) is 0.773. The first kappa shape index (κ1) is 19.9. The maximum absolute atomic E-state index is 12.5. The third-order valence-electron chi connectivity index (χ3n) is 7.01. The molecule has 0 amide bonds. The van der Waals surface area contributed by atoms with Crippen LogP contribution < -0.4 is 5.43 Å². The van der Waals surface area contributed by atoms with Gasteiger partial charge >= 0.3 is 0 Å². The van der Waals surface area contributed by atoms with Crippen molar-refractivity contribution in [2.75, 3.05) is 32.8 Å². The van der Waals surface area contributed by atoms with E-state index in [0.29, 0.717) is 23.4 Å². The molecule has 0 radical (unpaired) electrons. The van der Waals surface area contributed by atoms with Gasteiger partial charge in [0.25, 0.3) is 0 Å². The normalized spacial score (nSPS) is 30.6. The molecule has 6 heteroatoms. The van der Waals surface area contributed by atoms with Gasteiger partial charge in [0.15, 0.2) is 5.75 Å². The van der Waals surface area contributed by atoms with Crippen molar-refractivity contribution in [3.05, 3.63) is 27.7 Å². The van der Waals surface area contributed by atoms with E-state index in [1.165, 1.54) is 19.3 Å². The maximum atomic E-state index is 12.5. The number of aromatic nitrogens is 1. The number of likely N-dealkylation sites (tertiary alicyclic amines) is 1. The van der Waals surface area contributed by atoms with E-state index in [9.17, 15) is 9.90 Å². The molecule has 2 bridgehead atoms. The van der Waals surface area contributed by atoms with Crippen LogP contribution in [0.5, 0.6) is 5.75 Å². The van der Waals surface area contributed by atoms with Crippen molar-refractivity contribution in [3.63, 3.8) is 0 Å². The van der Waals surface area contributed by atoms with E-state index in [1.54, 1.807) is 6.07 Å². The van der Waals surface area contributed by atoms with E-state index in [2.05, 4.69) is 30.6 Å². The molecule has 3 heterocycles. The molecule has 1 N–H and O–H groups in total. The summed E-state index contributed by atoms with van der Waals surface area (Å²) in [4.78, 5) is 17.3. The van der Waals surface area contributed by atoms with E-state index < -0.39 is 0 Å². The van der Waals surface area contributed by atoms with Gasteiger partial charge in [-0.3, -0.25) is 14.6 Å². The summed E-state index contributed by atoms with van der Waals surface area (Å²) in [5.41, 5.74) is 2.16. The molecular weight excluding hydrogens is 354 g/mol. The predicted octanol–water partition coefficient (Wildman–Crippen LogP) is 2.32. The molecule has 2 aliphatic heterocycles. The number of pyridine rings is 1. The van der Waals surface area contributed by atoms with Crippen molar-refractivity contribution in [3.8, 4) is 5.75 Å². The summed E-state index contributed by atoms with van der Waals surface area (Å²) in [6, 6.07) is 2.13. The van der Waals surface area contributed by atoms with Gasteiger partial charge in [0.1, 0.15) is 0 Å². The summed E-state index contributed by atoms with van der Waals surface area (Å²) < 4.78 is 7.48. The Morgan fingerprint density at radius 2 is 1.89 bits per heavy atom. The number of hydrogen-bond donors (Lipinski definition) is 1. The largest absolute Gasteiger partial charge is 0.503 e. The van der Waals surface area contributed by atoms with Gasteiger partial charge in [0.2, 0.25) is 5.43 Å².